The summed E-state index contributed by atoms with van der Waals surface area (Å²) in [5, 5.41) is 5.85. The molecule has 2 aromatic rings. The van der Waals surface area contributed by atoms with E-state index in [1.165, 1.54) is 18.5 Å². The topological polar surface area (TPSA) is 49.8 Å². The molecule has 0 atom stereocenters. The average molecular weight is 324 g/mol. The molecule has 1 aromatic carbocycles. The minimum atomic E-state index is -4.42. The van der Waals surface area contributed by atoms with Gasteiger partial charge < -0.3 is 10.6 Å². The number of unbranched alkanes of at least 4 members (excludes halogenated alkanes) is 2. The Kier molecular flexibility index (Phi) is 5.78. The molecular weight excluding hydrogens is 305 g/mol. The van der Waals surface area contributed by atoms with E-state index in [1.54, 1.807) is 12.1 Å². The zero-order chi connectivity index (χ0) is 16.7. The Hall–Kier alpha value is -2.31. The van der Waals surface area contributed by atoms with Crippen LogP contribution in [0, 0.1) is 0 Å². The average Bonchev–Trinajstić information content (AvgIpc) is 2.51. The van der Waals surface area contributed by atoms with Crippen molar-refractivity contribution in [1.82, 2.24) is 9.97 Å². The summed E-state index contributed by atoms with van der Waals surface area (Å²) in [6, 6.07) is 6.91. The molecule has 1 aromatic heterocycles. The second-order valence-electron chi connectivity index (χ2n) is 5.09. The fourth-order valence-electron chi connectivity index (χ4n) is 2.09. The Labute approximate surface area is 133 Å². The highest BCUT2D eigenvalue weighted by atomic mass is 19.4. The van der Waals surface area contributed by atoms with Crippen LogP contribution in [0.25, 0.3) is 0 Å². The van der Waals surface area contributed by atoms with Crippen molar-refractivity contribution in [3.05, 3.63) is 42.2 Å². The van der Waals surface area contributed by atoms with Crippen molar-refractivity contribution in [3.8, 4) is 0 Å². The lowest BCUT2D eigenvalue weighted by Crippen LogP contribution is -2.09. The Morgan fingerprint density at radius 3 is 2.52 bits per heavy atom. The van der Waals surface area contributed by atoms with Gasteiger partial charge in [-0.15, -0.1) is 0 Å². The molecule has 4 nitrogen and oxygen atoms in total. The van der Waals surface area contributed by atoms with Crippen LogP contribution < -0.4 is 10.6 Å². The molecule has 0 bridgehead atoms. The largest absolute Gasteiger partial charge is 0.418 e. The number of aromatic nitrogens is 2. The molecular formula is C16H19F3N4. The zero-order valence-corrected chi connectivity index (χ0v) is 12.8. The molecule has 1 heterocycles. The number of alkyl halides is 3. The van der Waals surface area contributed by atoms with Gasteiger partial charge in [0.15, 0.2) is 0 Å². The molecule has 124 valence electrons. The van der Waals surface area contributed by atoms with Crippen molar-refractivity contribution in [2.75, 3.05) is 17.2 Å². The van der Waals surface area contributed by atoms with Gasteiger partial charge in [0.2, 0.25) is 0 Å². The van der Waals surface area contributed by atoms with Crippen molar-refractivity contribution in [3.63, 3.8) is 0 Å². The smallest absolute Gasteiger partial charge is 0.370 e. The third-order valence-electron chi connectivity index (χ3n) is 3.25. The molecule has 23 heavy (non-hydrogen) atoms. The van der Waals surface area contributed by atoms with E-state index >= 15 is 0 Å². The van der Waals surface area contributed by atoms with Crippen LogP contribution in [-0.2, 0) is 6.18 Å². The summed E-state index contributed by atoms with van der Waals surface area (Å²) < 4.78 is 39.0. The standard InChI is InChI=1S/C16H19F3N4/c1-2-3-6-9-20-14-10-15(22-11-21-14)23-13-8-5-4-7-12(13)16(17,18)19/h4-5,7-8,10-11H,2-3,6,9H2,1H3,(H2,20,21,22,23). The van der Waals surface area contributed by atoms with Crippen LogP contribution in [0.4, 0.5) is 30.5 Å². The van der Waals surface area contributed by atoms with E-state index < -0.39 is 11.7 Å². The lowest BCUT2D eigenvalue weighted by atomic mass is 10.1. The van der Waals surface area contributed by atoms with Crippen LogP contribution in [-0.4, -0.2) is 16.5 Å². The molecule has 0 spiro atoms. The first kappa shape index (κ1) is 17.1. The summed E-state index contributed by atoms with van der Waals surface area (Å²) >= 11 is 0. The summed E-state index contributed by atoms with van der Waals surface area (Å²) in [4.78, 5) is 8.04. The van der Waals surface area contributed by atoms with Crippen molar-refractivity contribution < 1.29 is 13.2 Å². The van der Waals surface area contributed by atoms with Crippen molar-refractivity contribution in [2.24, 2.45) is 0 Å². The SMILES string of the molecule is CCCCCNc1cc(Nc2ccccc2C(F)(F)F)ncn1. The second kappa shape index (κ2) is 7.80. The predicted molar refractivity (Wildman–Crippen MR) is 84.8 cm³/mol. The highest BCUT2D eigenvalue weighted by molar-refractivity contribution is 5.63. The number of hydrogen-bond acceptors (Lipinski definition) is 4. The fourth-order valence-corrected chi connectivity index (χ4v) is 2.09. The summed E-state index contributed by atoms with van der Waals surface area (Å²) in [5.74, 6) is 0.901. The predicted octanol–water partition coefficient (Wildman–Crippen LogP) is 4.84. The Morgan fingerprint density at radius 2 is 1.78 bits per heavy atom. The van der Waals surface area contributed by atoms with E-state index in [1.807, 2.05) is 0 Å². The molecule has 2 N–H and O–H groups in total. The first-order valence-electron chi connectivity index (χ1n) is 7.50. The van der Waals surface area contributed by atoms with Crippen molar-refractivity contribution in [1.29, 1.82) is 0 Å². The van der Waals surface area contributed by atoms with Crippen LogP contribution in [0.1, 0.15) is 31.7 Å². The van der Waals surface area contributed by atoms with Crippen LogP contribution in [0.15, 0.2) is 36.7 Å². The molecule has 0 radical (unpaired) electrons. The van der Waals surface area contributed by atoms with Crippen LogP contribution >= 0.6 is 0 Å². The van der Waals surface area contributed by atoms with Gasteiger partial charge in [-0.3, -0.25) is 0 Å². The number of halogens is 3. The number of anilines is 3. The normalized spacial score (nSPS) is 11.3. The number of benzene rings is 1. The van der Waals surface area contributed by atoms with Gasteiger partial charge in [-0.05, 0) is 18.6 Å². The van der Waals surface area contributed by atoms with E-state index in [0.29, 0.717) is 11.6 Å². The molecule has 0 aliphatic carbocycles. The number of para-hydroxylation sites is 1. The number of nitrogens with one attached hydrogen (secondary N) is 2. The summed E-state index contributed by atoms with van der Waals surface area (Å²) in [5.41, 5.74) is -0.758. The second-order valence-corrected chi connectivity index (χ2v) is 5.09. The molecule has 0 saturated carbocycles. The van der Waals surface area contributed by atoms with Gasteiger partial charge in [0, 0.05) is 12.6 Å². The first-order valence-corrected chi connectivity index (χ1v) is 7.50. The minimum absolute atomic E-state index is 0.0318. The van der Waals surface area contributed by atoms with E-state index in [0.717, 1.165) is 31.9 Å². The maximum atomic E-state index is 13.0. The zero-order valence-electron chi connectivity index (χ0n) is 12.8. The summed E-state index contributed by atoms with van der Waals surface area (Å²) in [6.45, 7) is 2.88. The third kappa shape index (κ3) is 5.12. The van der Waals surface area contributed by atoms with Crippen molar-refractivity contribution >= 4 is 17.3 Å². The lowest BCUT2D eigenvalue weighted by Gasteiger charge is -2.14. The quantitative estimate of drug-likeness (QED) is 0.716. The van der Waals surface area contributed by atoms with Gasteiger partial charge in [0.25, 0.3) is 0 Å². The molecule has 0 saturated heterocycles. The molecule has 0 unspecified atom stereocenters. The van der Waals surface area contributed by atoms with Gasteiger partial charge in [-0.2, -0.15) is 13.2 Å². The maximum Gasteiger partial charge on any atom is 0.418 e. The molecule has 0 aliphatic rings. The molecule has 0 amide bonds. The van der Waals surface area contributed by atoms with Gasteiger partial charge in [0.1, 0.15) is 18.0 Å². The number of hydrogen-bond donors (Lipinski definition) is 2. The number of nitrogens with zero attached hydrogens (tertiary/aromatic N) is 2. The van der Waals surface area contributed by atoms with E-state index in [9.17, 15) is 13.2 Å². The maximum absolute atomic E-state index is 13.0. The van der Waals surface area contributed by atoms with Gasteiger partial charge in [0.05, 0.1) is 11.3 Å². The third-order valence-corrected chi connectivity index (χ3v) is 3.25. The minimum Gasteiger partial charge on any atom is -0.370 e. The Morgan fingerprint density at radius 1 is 1.04 bits per heavy atom. The molecule has 0 fully saturated rings. The van der Waals surface area contributed by atoms with Crippen LogP contribution in [0.2, 0.25) is 0 Å². The highest BCUT2D eigenvalue weighted by Crippen LogP contribution is 2.35. The van der Waals surface area contributed by atoms with Crippen molar-refractivity contribution in [2.45, 2.75) is 32.4 Å². The number of rotatable bonds is 7. The van der Waals surface area contributed by atoms with E-state index in [-0.39, 0.29) is 5.69 Å². The van der Waals surface area contributed by atoms with Gasteiger partial charge >= 0.3 is 6.18 Å². The molecule has 0 aliphatic heterocycles. The summed E-state index contributed by atoms with van der Waals surface area (Å²) in [7, 11) is 0. The van der Waals surface area contributed by atoms with Crippen LogP contribution in [0.3, 0.4) is 0 Å². The Balaban J connectivity index is 2.09. The monoisotopic (exact) mass is 324 g/mol. The summed E-state index contributed by atoms with van der Waals surface area (Å²) in [6.07, 6.45) is 0.146. The highest BCUT2D eigenvalue weighted by Gasteiger charge is 2.33. The van der Waals surface area contributed by atoms with Gasteiger partial charge in [-0.25, -0.2) is 9.97 Å². The van der Waals surface area contributed by atoms with E-state index in [2.05, 4.69) is 27.5 Å². The molecule has 7 heteroatoms. The molecule has 2 rings (SSSR count). The van der Waals surface area contributed by atoms with Crippen LogP contribution in [0.5, 0.6) is 0 Å². The fraction of sp³-hybridized carbons (Fsp3) is 0.375. The first-order chi connectivity index (χ1) is 11.0. The van der Waals surface area contributed by atoms with E-state index in [4.69, 9.17) is 0 Å². The Bertz CT molecular complexity index is 629. The van der Waals surface area contributed by atoms with Gasteiger partial charge in [-0.1, -0.05) is 31.9 Å². The lowest BCUT2D eigenvalue weighted by molar-refractivity contribution is -0.136.